The zero-order valence-electron chi connectivity index (χ0n) is 40.1. The van der Waals surface area contributed by atoms with Gasteiger partial charge in [-0.3, -0.25) is 28.8 Å². The van der Waals surface area contributed by atoms with Crippen LogP contribution in [0.1, 0.15) is 132 Å². The van der Waals surface area contributed by atoms with E-state index in [9.17, 15) is 38.4 Å². The summed E-state index contributed by atoms with van der Waals surface area (Å²) in [6.45, 7) is 13.4. The Kier molecular flexibility index (Phi) is 24.4. The number of amides is 7. The molecule has 0 saturated heterocycles. The summed E-state index contributed by atoms with van der Waals surface area (Å²) >= 11 is 0. The summed E-state index contributed by atoms with van der Waals surface area (Å²) in [6, 6.07) is 5.59. The van der Waals surface area contributed by atoms with Crippen LogP contribution in [0.4, 0.5) is 9.59 Å². The van der Waals surface area contributed by atoms with E-state index in [1.807, 2.05) is 19.9 Å². The smallest absolute Gasteiger partial charge is 0.407 e. The molecule has 0 heterocycles. The van der Waals surface area contributed by atoms with Gasteiger partial charge in [-0.25, -0.2) is 9.59 Å². The molecule has 2 rings (SSSR count). The molecule has 366 valence electrons. The molecule has 18 heteroatoms. The monoisotopic (exact) mass is 916 g/mol. The minimum Gasteiger partial charge on any atom is -0.460 e. The molecule has 6 atom stereocenters. The Morgan fingerprint density at radius 3 is 2.05 bits per heavy atom. The first-order valence-electron chi connectivity index (χ1n) is 23.2. The second-order valence-electron chi connectivity index (χ2n) is 18.6. The fraction of sp³-hybridized carbons (Fsp3) is 0.702. The van der Waals surface area contributed by atoms with Crippen molar-refractivity contribution >= 4 is 47.7 Å². The van der Waals surface area contributed by atoms with Gasteiger partial charge in [0.2, 0.25) is 29.5 Å². The van der Waals surface area contributed by atoms with E-state index in [0.29, 0.717) is 25.7 Å². The maximum absolute atomic E-state index is 14.4. The number of nitrogens with one attached hydrogen (secondary N) is 5. The van der Waals surface area contributed by atoms with Gasteiger partial charge >= 0.3 is 18.2 Å². The fourth-order valence-corrected chi connectivity index (χ4v) is 7.45. The molecule has 65 heavy (non-hydrogen) atoms. The van der Waals surface area contributed by atoms with E-state index in [-0.39, 0.29) is 38.0 Å². The number of alkyl carbamates (subject to hydrolysis) is 2. The predicted octanol–water partition coefficient (Wildman–Crippen LogP) is 4.62. The summed E-state index contributed by atoms with van der Waals surface area (Å²) in [6.07, 6.45) is 5.55. The number of primary amides is 1. The Hall–Kier alpha value is -5.42. The third kappa shape index (κ3) is 21.4. The predicted molar refractivity (Wildman–Crippen MR) is 244 cm³/mol. The van der Waals surface area contributed by atoms with Crippen molar-refractivity contribution in [2.45, 2.75) is 162 Å². The number of unbranched alkanes of at least 4 members (excludes halogenated alkanes) is 3. The van der Waals surface area contributed by atoms with Crippen molar-refractivity contribution in [3.8, 4) is 0 Å². The first kappa shape index (κ1) is 55.7. The third-order valence-electron chi connectivity index (χ3n) is 11.2. The van der Waals surface area contributed by atoms with Gasteiger partial charge in [-0.15, -0.1) is 0 Å². The zero-order valence-corrected chi connectivity index (χ0v) is 40.1. The van der Waals surface area contributed by atoms with Gasteiger partial charge in [0, 0.05) is 13.6 Å². The van der Waals surface area contributed by atoms with Crippen molar-refractivity contribution in [2.24, 2.45) is 29.4 Å². The first-order valence-corrected chi connectivity index (χ1v) is 23.2. The SMILES string of the molecule is CCCCCC[C@H](OC(=O)CNC(=O)[C@@H](C)CNC(=O)OC(C)(C)C)[C@@H](C)C(=O)N(C)[C@@H](CC(C)C)C(=O)N[C@H](C(=O)N[C@@H](CNC(=O)OCc1ccccc1)C(N)=O)C1CCCCC1. The molecule has 1 aliphatic rings. The van der Waals surface area contributed by atoms with E-state index >= 15 is 0 Å². The molecule has 1 fully saturated rings. The number of rotatable bonds is 26. The molecule has 18 nitrogen and oxygen atoms in total. The van der Waals surface area contributed by atoms with Crippen LogP contribution < -0.4 is 32.3 Å². The second-order valence-corrected chi connectivity index (χ2v) is 18.6. The topological polar surface area (TPSA) is 254 Å². The summed E-state index contributed by atoms with van der Waals surface area (Å²) < 4.78 is 16.3. The van der Waals surface area contributed by atoms with Crippen molar-refractivity contribution < 1.29 is 52.6 Å². The molecule has 0 unspecified atom stereocenters. The molecular formula is C47H77N7O11. The number of likely N-dealkylation sites (N-methyl/N-ethyl adjacent to an activating group) is 1. The van der Waals surface area contributed by atoms with Crippen LogP contribution in [0.15, 0.2) is 30.3 Å². The van der Waals surface area contributed by atoms with Crippen molar-refractivity contribution in [3.05, 3.63) is 35.9 Å². The molecule has 1 aromatic carbocycles. The summed E-state index contributed by atoms with van der Waals surface area (Å²) in [7, 11) is 1.51. The molecule has 7 N–H and O–H groups in total. The first-order chi connectivity index (χ1) is 30.6. The molecule has 1 aliphatic carbocycles. The van der Waals surface area contributed by atoms with Gasteiger partial charge in [-0.2, -0.15) is 0 Å². The van der Waals surface area contributed by atoms with E-state index in [1.54, 1.807) is 58.9 Å². The lowest BCUT2D eigenvalue weighted by atomic mass is 9.83. The van der Waals surface area contributed by atoms with E-state index in [0.717, 1.165) is 44.1 Å². The summed E-state index contributed by atoms with van der Waals surface area (Å²) in [5, 5.41) is 13.1. The largest absolute Gasteiger partial charge is 0.460 e. The fourth-order valence-electron chi connectivity index (χ4n) is 7.45. The zero-order chi connectivity index (χ0) is 48.7. The number of carbonyl (C=O) groups is 8. The Bertz CT molecular complexity index is 1700. The Labute approximate surface area is 385 Å². The number of nitrogens with two attached hydrogens (primary N) is 1. The van der Waals surface area contributed by atoms with Crippen LogP contribution in [0.2, 0.25) is 0 Å². The lowest BCUT2D eigenvalue weighted by Crippen LogP contribution is -2.60. The maximum atomic E-state index is 14.4. The minimum absolute atomic E-state index is 0.00760. The van der Waals surface area contributed by atoms with E-state index in [2.05, 4.69) is 33.5 Å². The second kappa shape index (κ2) is 28.5. The van der Waals surface area contributed by atoms with Crippen LogP contribution in [-0.2, 0) is 49.6 Å². The van der Waals surface area contributed by atoms with Crippen molar-refractivity contribution in [3.63, 3.8) is 0 Å². The molecule has 7 amide bonds. The number of ether oxygens (including phenoxy) is 3. The number of hydrogen-bond acceptors (Lipinski definition) is 11. The van der Waals surface area contributed by atoms with Crippen LogP contribution >= 0.6 is 0 Å². The molecule has 0 aromatic heterocycles. The number of carbonyl (C=O) groups excluding carboxylic acids is 8. The molecule has 0 aliphatic heterocycles. The van der Waals surface area contributed by atoms with Gasteiger partial charge < -0.3 is 51.4 Å². The van der Waals surface area contributed by atoms with Gasteiger partial charge in [0.25, 0.3) is 0 Å². The highest BCUT2D eigenvalue weighted by molar-refractivity contribution is 5.94. The number of esters is 1. The lowest BCUT2D eigenvalue weighted by molar-refractivity contribution is -0.157. The maximum Gasteiger partial charge on any atom is 0.407 e. The number of benzene rings is 1. The van der Waals surface area contributed by atoms with Crippen LogP contribution in [-0.4, -0.2) is 109 Å². The normalized spacial score (nSPS) is 15.7. The highest BCUT2D eigenvalue weighted by Gasteiger charge is 2.39. The number of hydrogen-bond donors (Lipinski definition) is 6. The highest BCUT2D eigenvalue weighted by atomic mass is 16.6. The van der Waals surface area contributed by atoms with Gasteiger partial charge in [0.05, 0.1) is 18.4 Å². The summed E-state index contributed by atoms with van der Waals surface area (Å²) in [5.74, 6) is -5.74. The van der Waals surface area contributed by atoms with Gasteiger partial charge in [-0.1, -0.05) is 103 Å². The quantitative estimate of drug-likeness (QED) is 0.0425. The molecule has 0 radical (unpaired) electrons. The van der Waals surface area contributed by atoms with Crippen molar-refractivity contribution in [2.75, 3.05) is 26.7 Å². The van der Waals surface area contributed by atoms with Crippen molar-refractivity contribution in [1.82, 2.24) is 31.5 Å². The van der Waals surface area contributed by atoms with Crippen LogP contribution in [0.3, 0.4) is 0 Å². The highest BCUT2D eigenvalue weighted by Crippen LogP contribution is 2.28. The van der Waals surface area contributed by atoms with Crippen LogP contribution in [0.5, 0.6) is 0 Å². The molecular weight excluding hydrogens is 839 g/mol. The lowest BCUT2D eigenvalue weighted by Gasteiger charge is -2.36. The van der Waals surface area contributed by atoms with Crippen LogP contribution in [0.25, 0.3) is 0 Å². The van der Waals surface area contributed by atoms with Gasteiger partial charge in [0.15, 0.2) is 0 Å². The molecule has 1 saturated carbocycles. The van der Waals surface area contributed by atoms with Gasteiger partial charge in [-0.05, 0) is 70.3 Å². The van der Waals surface area contributed by atoms with E-state index in [1.165, 1.54) is 11.9 Å². The van der Waals surface area contributed by atoms with Gasteiger partial charge in [0.1, 0.15) is 43.0 Å². The standard InChI is InChI=1S/C47H77N7O11/c1-10-11-12-19-24-37(64-38(55)28-49-41(57)31(4)26-50-46(62)65-47(6,7)8)32(5)44(60)54(9)36(25-30(2)3)42(58)53-39(34-22-17-14-18-23-34)43(59)52-35(40(48)56)27-51-45(61)63-29-33-20-15-13-16-21-33/h13,15-16,20-21,30-32,34-37,39H,10-12,14,17-19,22-29H2,1-9H3,(H2,48,56)(H,49,57)(H,50,62)(H,51,61)(H,52,59)(H,53,58)/t31-,32+,35-,36-,37-,39-/m0/s1. The molecule has 0 spiro atoms. The van der Waals surface area contributed by atoms with Crippen LogP contribution in [0, 0.1) is 23.7 Å². The molecule has 1 aromatic rings. The Morgan fingerprint density at radius 1 is 0.800 bits per heavy atom. The molecule has 0 bridgehead atoms. The van der Waals surface area contributed by atoms with E-state index in [4.69, 9.17) is 19.9 Å². The van der Waals surface area contributed by atoms with Crippen molar-refractivity contribution in [1.29, 1.82) is 0 Å². The van der Waals surface area contributed by atoms with E-state index < -0.39 is 95.9 Å². The Balaban J connectivity index is 2.20. The Morgan fingerprint density at radius 2 is 1.45 bits per heavy atom. The summed E-state index contributed by atoms with van der Waals surface area (Å²) in [4.78, 5) is 107. The third-order valence-corrected chi connectivity index (χ3v) is 11.2. The summed E-state index contributed by atoms with van der Waals surface area (Å²) in [5.41, 5.74) is 5.70. The average Bonchev–Trinajstić information content (AvgIpc) is 3.26. The minimum atomic E-state index is -1.32. The average molecular weight is 916 g/mol. The number of nitrogens with zero attached hydrogens (tertiary/aromatic N) is 1.